The third-order valence-electron chi connectivity index (χ3n) is 2.59. The van der Waals surface area contributed by atoms with Crippen LogP contribution in [0.3, 0.4) is 0 Å². The number of hydrogen-bond donors (Lipinski definition) is 2. The smallest absolute Gasteiger partial charge is 0.307 e. The van der Waals surface area contributed by atoms with Crippen LogP contribution in [0.25, 0.3) is 0 Å². The minimum absolute atomic E-state index is 0.277. The first-order valence-electron chi connectivity index (χ1n) is 5.11. The summed E-state index contributed by atoms with van der Waals surface area (Å²) < 4.78 is 0. The number of carboxylic acids is 1. The zero-order valence-electron chi connectivity index (χ0n) is 9.31. The SMILES string of the molecule is C[C@H](C(=O)O)[C@H](C)C(=O)Nc1ccccc1. The zero-order valence-corrected chi connectivity index (χ0v) is 9.31. The predicted molar refractivity (Wildman–Crippen MR) is 61.0 cm³/mol. The summed E-state index contributed by atoms with van der Waals surface area (Å²) in [6, 6.07) is 8.98. The van der Waals surface area contributed by atoms with Gasteiger partial charge in [-0.2, -0.15) is 0 Å². The highest BCUT2D eigenvalue weighted by atomic mass is 16.4. The van der Waals surface area contributed by atoms with E-state index in [9.17, 15) is 9.59 Å². The molecule has 1 amide bonds. The molecule has 2 atom stereocenters. The van der Waals surface area contributed by atoms with Gasteiger partial charge in [0.05, 0.1) is 5.92 Å². The minimum atomic E-state index is -0.962. The third kappa shape index (κ3) is 3.08. The Labute approximate surface area is 94.3 Å². The molecule has 0 aliphatic carbocycles. The summed E-state index contributed by atoms with van der Waals surface area (Å²) >= 11 is 0. The van der Waals surface area contributed by atoms with E-state index in [1.807, 2.05) is 6.07 Å². The molecule has 16 heavy (non-hydrogen) atoms. The molecule has 0 bridgehead atoms. The number of para-hydroxylation sites is 1. The molecule has 1 aromatic rings. The maximum Gasteiger partial charge on any atom is 0.307 e. The molecule has 0 aromatic heterocycles. The largest absolute Gasteiger partial charge is 0.481 e. The van der Waals surface area contributed by atoms with Gasteiger partial charge in [0.2, 0.25) is 5.91 Å². The summed E-state index contributed by atoms with van der Waals surface area (Å²) in [5, 5.41) is 11.5. The van der Waals surface area contributed by atoms with E-state index in [0.29, 0.717) is 5.69 Å². The van der Waals surface area contributed by atoms with Gasteiger partial charge in [0.15, 0.2) is 0 Å². The number of carbonyl (C=O) groups is 2. The van der Waals surface area contributed by atoms with Crippen molar-refractivity contribution in [1.29, 1.82) is 0 Å². The van der Waals surface area contributed by atoms with Crippen molar-refractivity contribution >= 4 is 17.6 Å². The molecule has 0 spiro atoms. The number of benzene rings is 1. The highest BCUT2D eigenvalue weighted by molar-refractivity contribution is 5.94. The number of nitrogens with one attached hydrogen (secondary N) is 1. The Balaban J connectivity index is 2.63. The van der Waals surface area contributed by atoms with Gasteiger partial charge in [-0.1, -0.05) is 32.0 Å². The second-order valence-corrected chi connectivity index (χ2v) is 3.77. The van der Waals surface area contributed by atoms with Crippen molar-refractivity contribution in [2.45, 2.75) is 13.8 Å². The Morgan fingerprint density at radius 3 is 2.19 bits per heavy atom. The Hall–Kier alpha value is -1.84. The van der Waals surface area contributed by atoms with E-state index in [2.05, 4.69) is 5.32 Å². The molecule has 0 unspecified atom stereocenters. The lowest BCUT2D eigenvalue weighted by Gasteiger charge is -2.15. The monoisotopic (exact) mass is 221 g/mol. The number of carbonyl (C=O) groups excluding carboxylic acids is 1. The number of hydrogen-bond acceptors (Lipinski definition) is 2. The maximum atomic E-state index is 11.7. The van der Waals surface area contributed by atoms with Crippen LogP contribution in [0.5, 0.6) is 0 Å². The van der Waals surface area contributed by atoms with Gasteiger partial charge in [-0.15, -0.1) is 0 Å². The van der Waals surface area contributed by atoms with E-state index in [4.69, 9.17) is 5.11 Å². The second-order valence-electron chi connectivity index (χ2n) is 3.77. The predicted octanol–water partition coefficient (Wildman–Crippen LogP) is 1.98. The van der Waals surface area contributed by atoms with Crippen LogP contribution >= 0.6 is 0 Å². The van der Waals surface area contributed by atoms with Crippen LogP contribution in [0.2, 0.25) is 0 Å². The summed E-state index contributed by atoms with van der Waals surface area (Å²) in [5.74, 6) is -2.49. The maximum absolute atomic E-state index is 11.7. The summed E-state index contributed by atoms with van der Waals surface area (Å²) in [5.41, 5.74) is 0.678. The molecular weight excluding hydrogens is 206 g/mol. The van der Waals surface area contributed by atoms with Crippen LogP contribution in [-0.2, 0) is 9.59 Å². The molecule has 2 N–H and O–H groups in total. The molecule has 0 saturated heterocycles. The first-order chi connectivity index (χ1) is 7.52. The molecular formula is C12H15NO3. The van der Waals surface area contributed by atoms with Crippen molar-refractivity contribution in [3.8, 4) is 0 Å². The summed E-state index contributed by atoms with van der Waals surface area (Å²) in [6.45, 7) is 3.13. The quantitative estimate of drug-likeness (QED) is 0.817. The highest BCUT2D eigenvalue weighted by Crippen LogP contribution is 2.14. The number of anilines is 1. The number of rotatable bonds is 4. The van der Waals surface area contributed by atoms with Crippen molar-refractivity contribution < 1.29 is 14.7 Å². The van der Waals surface area contributed by atoms with Crippen LogP contribution in [0.15, 0.2) is 30.3 Å². The average molecular weight is 221 g/mol. The van der Waals surface area contributed by atoms with Gasteiger partial charge in [0.25, 0.3) is 0 Å². The van der Waals surface area contributed by atoms with E-state index in [1.165, 1.54) is 6.92 Å². The van der Waals surface area contributed by atoms with E-state index in [0.717, 1.165) is 0 Å². The normalized spacial score (nSPS) is 13.9. The highest BCUT2D eigenvalue weighted by Gasteiger charge is 2.25. The molecule has 1 rings (SSSR count). The lowest BCUT2D eigenvalue weighted by atomic mass is 9.95. The Morgan fingerprint density at radius 1 is 1.12 bits per heavy atom. The fourth-order valence-corrected chi connectivity index (χ4v) is 1.22. The van der Waals surface area contributed by atoms with Crippen LogP contribution in [-0.4, -0.2) is 17.0 Å². The Bertz CT molecular complexity index is 375. The van der Waals surface area contributed by atoms with Crippen LogP contribution < -0.4 is 5.32 Å². The lowest BCUT2D eigenvalue weighted by Crippen LogP contribution is -2.29. The minimum Gasteiger partial charge on any atom is -0.481 e. The summed E-state index contributed by atoms with van der Waals surface area (Å²) in [7, 11) is 0. The van der Waals surface area contributed by atoms with Gasteiger partial charge >= 0.3 is 5.97 Å². The van der Waals surface area contributed by atoms with Crippen LogP contribution in [0, 0.1) is 11.8 Å². The van der Waals surface area contributed by atoms with Crippen LogP contribution in [0.4, 0.5) is 5.69 Å². The number of amides is 1. The summed E-state index contributed by atoms with van der Waals surface area (Å²) in [6.07, 6.45) is 0. The van der Waals surface area contributed by atoms with Crippen molar-refractivity contribution in [3.63, 3.8) is 0 Å². The van der Waals surface area contributed by atoms with Crippen LogP contribution in [0.1, 0.15) is 13.8 Å². The second kappa shape index (κ2) is 5.30. The van der Waals surface area contributed by atoms with Gasteiger partial charge in [-0.25, -0.2) is 0 Å². The lowest BCUT2D eigenvalue weighted by molar-refractivity contribution is -0.145. The number of aliphatic carboxylic acids is 1. The molecule has 0 aliphatic heterocycles. The first-order valence-corrected chi connectivity index (χ1v) is 5.11. The molecule has 86 valence electrons. The van der Waals surface area contributed by atoms with Gasteiger partial charge in [-0.3, -0.25) is 9.59 Å². The molecule has 1 aromatic carbocycles. The molecule has 0 saturated carbocycles. The van der Waals surface area contributed by atoms with Crippen molar-refractivity contribution in [2.75, 3.05) is 5.32 Å². The van der Waals surface area contributed by atoms with E-state index in [1.54, 1.807) is 31.2 Å². The molecule has 0 radical (unpaired) electrons. The van der Waals surface area contributed by atoms with E-state index < -0.39 is 17.8 Å². The van der Waals surface area contributed by atoms with Crippen molar-refractivity contribution in [1.82, 2.24) is 0 Å². The van der Waals surface area contributed by atoms with Gasteiger partial charge in [0.1, 0.15) is 0 Å². The fourth-order valence-electron chi connectivity index (χ4n) is 1.22. The molecule has 4 nitrogen and oxygen atoms in total. The Kier molecular flexibility index (Phi) is 4.05. The van der Waals surface area contributed by atoms with Gasteiger partial charge < -0.3 is 10.4 Å². The van der Waals surface area contributed by atoms with E-state index in [-0.39, 0.29) is 5.91 Å². The fraction of sp³-hybridized carbons (Fsp3) is 0.333. The average Bonchev–Trinajstić information content (AvgIpc) is 2.28. The first kappa shape index (κ1) is 12.2. The number of carboxylic acid groups (broad SMARTS) is 1. The van der Waals surface area contributed by atoms with Crippen molar-refractivity contribution in [3.05, 3.63) is 30.3 Å². The standard InChI is InChI=1S/C12H15NO3/c1-8(9(2)12(15)16)11(14)13-10-6-4-3-5-7-10/h3-9H,1-2H3,(H,13,14)(H,15,16)/t8-,9-/m0/s1. The molecule has 0 aliphatic rings. The summed E-state index contributed by atoms with van der Waals surface area (Å²) in [4.78, 5) is 22.4. The molecule has 0 fully saturated rings. The molecule has 4 heteroatoms. The molecule has 0 heterocycles. The zero-order chi connectivity index (χ0) is 12.1. The van der Waals surface area contributed by atoms with E-state index >= 15 is 0 Å². The Morgan fingerprint density at radius 2 is 1.69 bits per heavy atom. The van der Waals surface area contributed by atoms with Gasteiger partial charge in [-0.05, 0) is 12.1 Å². The van der Waals surface area contributed by atoms with Gasteiger partial charge in [0, 0.05) is 11.6 Å². The topological polar surface area (TPSA) is 66.4 Å². The third-order valence-corrected chi connectivity index (χ3v) is 2.59. The van der Waals surface area contributed by atoms with Crippen molar-refractivity contribution in [2.24, 2.45) is 11.8 Å².